The van der Waals surface area contributed by atoms with Gasteiger partial charge in [0.15, 0.2) is 0 Å². The zero-order chi connectivity index (χ0) is 15.4. The molecule has 1 fully saturated rings. The van der Waals surface area contributed by atoms with Crippen LogP contribution in [0.3, 0.4) is 0 Å². The largest absolute Gasteiger partial charge is 0.352 e. The SMILES string of the molecule is CC(=O)N(CC(=O)NC1CCCC1)c1c(Cl)cccc1Cl. The lowest BCUT2D eigenvalue weighted by Crippen LogP contribution is -2.43. The van der Waals surface area contributed by atoms with E-state index in [2.05, 4.69) is 5.32 Å². The first-order valence-corrected chi connectivity index (χ1v) is 7.76. The first-order valence-electron chi connectivity index (χ1n) is 7.00. The van der Waals surface area contributed by atoms with Crippen molar-refractivity contribution in [1.82, 2.24) is 5.32 Å². The summed E-state index contributed by atoms with van der Waals surface area (Å²) in [5.74, 6) is -0.459. The van der Waals surface area contributed by atoms with E-state index in [1.807, 2.05) is 0 Å². The number of para-hydroxylation sites is 1. The van der Waals surface area contributed by atoms with Crippen LogP contribution in [0.25, 0.3) is 0 Å². The fourth-order valence-electron chi connectivity index (χ4n) is 2.58. The Morgan fingerprint density at radius 3 is 2.33 bits per heavy atom. The number of hydrogen-bond donors (Lipinski definition) is 1. The molecule has 1 saturated carbocycles. The van der Waals surface area contributed by atoms with Gasteiger partial charge in [-0.05, 0) is 25.0 Å². The van der Waals surface area contributed by atoms with Crippen LogP contribution in [-0.4, -0.2) is 24.4 Å². The van der Waals surface area contributed by atoms with Gasteiger partial charge in [-0.3, -0.25) is 9.59 Å². The summed E-state index contributed by atoms with van der Waals surface area (Å²) in [7, 11) is 0. The lowest BCUT2D eigenvalue weighted by Gasteiger charge is -2.24. The van der Waals surface area contributed by atoms with Crippen LogP contribution in [0.5, 0.6) is 0 Å². The van der Waals surface area contributed by atoms with Gasteiger partial charge in [-0.15, -0.1) is 0 Å². The fourth-order valence-corrected chi connectivity index (χ4v) is 3.18. The lowest BCUT2D eigenvalue weighted by atomic mass is 10.2. The van der Waals surface area contributed by atoms with E-state index < -0.39 is 0 Å². The van der Waals surface area contributed by atoms with Gasteiger partial charge in [-0.2, -0.15) is 0 Å². The summed E-state index contributed by atoms with van der Waals surface area (Å²) in [5, 5.41) is 3.66. The van der Waals surface area contributed by atoms with Gasteiger partial charge in [0.25, 0.3) is 0 Å². The van der Waals surface area contributed by atoms with Crippen molar-refractivity contribution in [2.45, 2.75) is 38.6 Å². The van der Waals surface area contributed by atoms with Gasteiger partial charge in [0.2, 0.25) is 11.8 Å². The van der Waals surface area contributed by atoms with Gasteiger partial charge >= 0.3 is 0 Å². The molecule has 0 unspecified atom stereocenters. The molecule has 0 heterocycles. The Kier molecular flexibility index (Phi) is 5.48. The number of anilines is 1. The molecule has 1 aliphatic rings. The highest BCUT2D eigenvalue weighted by atomic mass is 35.5. The number of benzene rings is 1. The van der Waals surface area contributed by atoms with Gasteiger partial charge < -0.3 is 10.2 Å². The third-order valence-electron chi connectivity index (χ3n) is 3.61. The number of halogens is 2. The Morgan fingerprint density at radius 2 is 1.81 bits per heavy atom. The van der Waals surface area contributed by atoms with Crippen molar-refractivity contribution < 1.29 is 9.59 Å². The molecule has 0 atom stereocenters. The highest BCUT2D eigenvalue weighted by molar-refractivity contribution is 6.40. The molecular weight excluding hydrogens is 311 g/mol. The van der Waals surface area contributed by atoms with Crippen molar-refractivity contribution in [3.05, 3.63) is 28.2 Å². The Morgan fingerprint density at radius 1 is 1.24 bits per heavy atom. The first kappa shape index (κ1) is 16.1. The van der Waals surface area contributed by atoms with Gasteiger partial charge in [0, 0.05) is 13.0 Å². The summed E-state index contributed by atoms with van der Waals surface area (Å²) in [6.45, 7) is 1.32. The van der Waals surface area contributed by atoms with E-state index in [1.165, 1.54) is 11.8 Å². The minimum atomic E-state index is -0.272. The average Bonchev–Trinajstić information content (AvgIpc) is 2.89. The van der Waals surface area contributed by atoms with Gasteiger partial charge in [0.05, 0.1) is 15.7 Å². The van der Waals surface area contributed by atoms with Gasteiger partial charge in [-0.25, -0.2) is 0 Å². The second-order valence-electron chi connectivity index (χ2n) is 5.22. The Balaban J connectivity index is 2.12. The molecule has 1 N–H and O–H groups in total. The normalized spacial score (nSPS) is 15.0. The minimum absolute atomic E-state index is 0.0741. The molecule has 21 heavy (non-hydrogen) atoms. The maximum atomic E-state index is 12.1. The van der Waals surface area contributed by atoms with Crippen molar-refractivity contribution in [3.8, 4) is 0 Å². The molecule has 0 spiro atoms. The molecule has 1 aromatic rings. The molecule has 0 aromatic heterocycles. The molecule has 6 heteroatoms. The van der Waals surface area contributed by atoms with Crippen LogP contribution in [0, 0.1) is 0 Å². The summed E-state index contributed by atoms with van der Waals surface area (Å²) < 4.78 is 0. The second-order valence-corrected chi connectivity index (χ2v) is 6.04. The number of amides is 2. The molecule has 0 radical (unpaired) electrons. The van der Waals surface area contributed by atoms with E-state index >= 15 is 0 Å². The summed E-state index contributed by atoms with van der Waals surface area (Å²) in [6, 6.07) is 5.21. The van der Waals surface area contributed by atoms with Crippen molar-refractivity contribution in [2.75, 3.05) is 11.4 Å². The van der Waals surface area contributed by atoms with Crippen molar-refractivity contribution in [3.63, 3.8) is 0 Å². The highest BCUT2D eigenvalue weighted by Crippen LogP contribution is 2.33. The summed E-state index contributed by atoms with van der Waals surface area (Å²) in [5.41, 5.74) is 0.384. The maximum absolute atomic E-state index is 12.1. The van der Waals surface area contributed by atoms with Crippen LogP contribution in [-0.2, 0) is 9.59 Å². The number of hydrogen-bond acceptors (Lipinski definition) is 2. The number of nitrogens with one attached hydrogen (secondary N) is 1. The van der Waals surface area contributed by atoms with Crippen LogP contribution in [0.4, 0.5) is 5.69 Å². The van der Waals surface area contributed by atoms with Crippen LogP contribution in [0.15, 0.2) is 18.2 Å². The summed E-state index contributed by atoms with van der Waals surface area (Å²) in [4.78, 5) is 25.3. The summed E-state index contributed by atoms with van der Waals surface area (Å²) in [6.07, 6.45) is 4.27. The Bertz CT molecular complexity index is 522. The van der Waals surface area contributed by atoms with Gasteiger partial charge in [0.1, 0.15) is 6.54 Å². The van der Waals surface area contributed by atoms with E-state index in [0.29, 0.717) is 15.7 Å². The van der Waals surface area contributed by atoms with E-state index in [4.69, 9.17) is 23.2 Å². The molecule has 0 saturated heterocycles. The van der Waals surface area contributed by atoms with E-state index in [0.717, 1.165) is 25.7 Å². The van der Waals surface area contributed by atoms with Crippen LogP contribution >= 0.6 is 23.2 Å². The fraction of sp³-hybridized carbons (Fsp3) is 0.467. The van der Waals surface area contributed by atoms with E-state index in [-0.39, 0.29) is 24.4 Å². The molecule has 0 bridgehead atoms. The minimum Gasteiger partial charge on any atom is -0.352 e. The third kappa shape index (κ3) is 4.11. The van der Waals surface area contributed by atoms with Crippen LogP contribution < -0.4 is 10.2 Å². The molecule has 114 valence electrons. The monoisotopic (exact) mass is 328 g/mol. The molecule has 1 aromatic carbocycles. The number of nitrogens with zero attached hydrogens (tertiary/aromatic N) is 1. The zero-order valence-corrected chi connectivity index (χ0v) is 13.4. The van der Waals surface area contributed by atoms with Crippen molar-refractivity contribution in [2.24, 2.45) is 0 Å². The van der Waals surface area contributed by atoms with Crippen LogP contribution in [0.1, 0.15) is 32.6 Å². The van der Waals surface area contributed by atoms with Crippen molar-refractivity contribution in [1.29, 1.82) is 0 Å². The highest BCUT2D eigenvalue weighted by Gasteiger charge is 2.23. The topological polar surface area (TPSA) is 49.4 Å². The van der Waals surface area contributed by atoms with E-state index in [1.54, 1.807) is 18.2 Å². The predicted molar refractivity (Wildman–Crippen MR) is 84.9 cm³/mol. The van der Waals surface area contributed by atoms with Crippen LogP contribution in [0.2, 0.25) is 10.0 Å². The lowest BCUT2D eigenvalue weighted by molar-refractivity contribution is -0.123. The molecular formula is C15H18Cl2N2O2. The average molecular weight is 329 g/mol. The predicted octanol–water partition coefficient (Wildman–Crippen LogP) is 3.41. The number of carbonyl (C=O) groups is 2. The molecule has 2 rings (SSSR count). The second kappa shape index (κ2) is 7.14. The first-order chi connectivity index (χ1) is 9.99. The Labute approximate surface area is 134 Å². The molecule has 0 aliphatic heterocycles. The molecule has 2 amide bonds. The zero-order valence-electron chi connectivity index (χ0n) is 11.9. The smallest absolute Gasteiger partial charge is 0.240 e. The number of rotatable bonds is 4. The third-order valence-corrected chi connectivity index (χ3v) is 4.22. The quantitative estimate of drug-likeness (QED) is 0.920. The van der Waals surface area contributed by atoms with Gasteiger partial charge in [-0.1, -0.05) is 42.1 Å². The summed E-state index contributed by atoms with van der Waals surface area (Å²) >= 11 is 12.2. The standard InChI is InChI=1S/C15H18Cl2N2O2/c1-10(20)19(15-12(16)7-4-8-13(15)17)9-14(21)18-11-5-2-3-6-11/h4,7-8,11H,2-3,5-6,9H2,1H3,(H,18,21). The van der Waals surface area contributed by atoms with Crippen molar-refractivity contribution >= 4 is 40.7 Å². The maximum Gasteiger partial charge on any atom is 0.240 e. The molecule has 4 nitrogen and oxygen atoms in total. The molecule has 1 aliphatic carbocycles. The number of carbonyl (C=O) groups excluding carboxylic acids is 2. The van der Waals surface area contributed by atoms with E-state index in [9.17, 15) is 9.59 Å². The Hall–Kier alpha value is -1.26.